The second-order valence-corrected chi connectivity index (χ2v) is 4.82. The number of carbonyl (C=O) groups is 1. The second-order valence-electron chi connectivity index (χ2n) is 4.82. The number of hydrogen-bond acceptors (Lipinski definition) is 4. The molecule has 5 heteroatoms. The Bertz CT molecular complexity index is 384. The molecule has 112 valence electrons. The van der Waals surface area contributed by atoms with E-state index in [1.807, 2.05) is 42.2 Å². The van der Waals surface area contributed by atoms with Crippen LogP contribution in [0.1, 0.15) is 13.3 Å². The van der Waals surface area contributed by atoms with Gasteiger partial charge in [0.2, 0.25) is 5.91 Å². The highest BCUT2D eigenvalue weighted by molar-refractivity contribution is 5.81. The Hall–Kier alpha value is -1.59. The number of amides is 1. The summed E-state index contributed by atoms with van der Waals surface area (Å²) in [6.07, 6.45) is 0.857. The van der Waals surface area contributed by atoms with Gasteiger partial charge in [-0.2, -0.15) is 0 Å². The highest BCUT2D eigenvalue weighted by Gasteiger charge is 2.13. The molecule has 0 fully saturated rings. The molecule has 0 heterocycles. The van der Waals surface area contributed by atoms with E-state index in [4.69, 9.17) is 10.5 Å². The first-order chi connectivity index (χ1) is 9.67. The van der Waals surface area contributed by atoms with E-state index in [-0.39, 0.29) is 11.9 Å². The van der Waals surface area contributed by atoms with Gasteiger partial charge in [0.25, 0.3) is 0 Å². The smallest absolute Gasteiger partial charge is 0.239 e. The highest BCUT2D eigenvalue weighted by atomic mass is 16.5. The van der Waals surface area contributed by atoms with Crippen molar-refractivity contribution in [3.8, 4) is 0 Å². The summed E-state index contributed by atoms with van der Waals surface area (Å²) in [5.41, 5.74) is 6.60. The van der Waals surface area contributed by atoms with E-state index >= 15 is 0 Å². The zero-order chi connectivity index (χ0) is 14.8. The zero-order valence-corrected chi connectivity index (χ0v) is 12.3. The minimum absolute atomic E-state index is 0.00424. The van der Waals surface area contributed by atoms with E-state index in [9.17, 15) is 4.79 Å². The lowest BCUT2D eigenvalue weighted by Crippen LogP contribution is -2.43. The quantitative estimate of drug-likeness (QED) is 0.707. The number of carbonyl (C=O) groups excluding carboxylic acids is 1. The van der Waals surface area contributed by atoms with Crippen LogP contribution >= 0.6 is 0 Å². The van der Waals surface area contributed by atoms with Crippen molar-refractivity contribution in [3.05, 3.63) is 30.3 Å². The molecule has 1 aromatic rings. The maximum Gasteiger partial charge on any atom is 0.239 e. The van der Waals surface area contributed by atoms with Crippen LogP contribution in [0.3, 0.4) is 0 Å². The van der Waals surface area contributed by atoms with Gasteiger partial charge in [-0.25, -0.2) is 0 Å². The van der Waals surface area contributed by atoms with Crippen LogP contribution in [-0.4, -0.2) is 45.3 Å². The molecule has 0 saturated heterocycles. The van der Waals surface area contributed by atoms with Crippen LogP contribution in [0.5, 0.6) is 0 Å². The molecule has 3 N–H and O–H groups in total. The summed E-state index contributed by atoms with van der Waals surface area (Å²) in [7, 11) is 1.63. The molecular formula is C15H25N3O2. The monoisotopic (exact) mass is 279 g/mol. The van der Waals surface area contributed by atoms with Gasteiger partial charge in [0.05, 0.1) is 13.2 Å². The van der Waals surface area contributed by atoms with Crippen LogP contribution in [0.25, 0.3) is 0 Å². The van der Waals surface area contributed by atoms with E-state index in [2.05, 4.69) is 5.32 Å². The van der Waals surface area contributed by atoms with Gasteiger partial charge in [-0.15, -0.1) is 0 Å². The predicted octanol–water partition coefficient (Wildman–Crippen LogP) is 0.993. The summed E-state index contributed by atoms with van der Waals surface area (Å²) < 4.78 is 5.01. The molecule has 20 heavy (non-hydrogen) atoms. The number of para-hydroxylation sites is 1. The third-order valence-electron chi connectivity index (χ3n) is 2.91. The summed E-state index contributed by atoms with van der Waals surface area (Å²) in [5.74, 6) is -0.00424. The lowest BCUT2D eigenvalue weighted by Gasteiger charge is -2.25. The molecule has 1 amide bonds. The van der Waals surface area contributed by atoms with E-state index in [0.717, 1.165) is 18.7 Å². The number of benzene rings is 1. The number of methoxy groups -OCH3 is 1. The molecule has 5 nitrogen and oxygen atoms in total. The minimum atomic E-state index is -0.00424. The number of nitrogens with two attached hydrogens (primary N) is 1. The number of anilines is 1. The van der Waals surface area contributed by atoms with Crippen LogP contribution in [-0.2, 0) is 9.53 Å². The van der Waals surface area contributed by atoms with Gasteiger partial charge < -0.3 is 20.7 Å². The molecule has 1 atom stereocenters. The van der Waals surface area contributed by atoms with Crippen molar-refractivity contribution >= 4 is 11.6 Å². The lowest BCUT2D eigenvalue weighted by atomic mass is 10.2. The standard InChI is InChI=1S/C15H25N3O2/c1-13(12-20-2)17-15(19)11-18(10-6-9-16)14-7-4-3-5-8-14/h3-5,7-8,13H,6,9-12,16H2,1-2H3,(H,17,19). The Kier molecular flexibility index (Phi) is 7.69. The second kappa shape index (κ2) is 9.34. The fraction of sp³-hybridized carbons (Fsp3) is 0.533. The Morgan fingerprint density at radius 1 is 1.40 bits per heavy atom. The normalized spacial score (nSPS) is 11.9. The Morgan fingerprint density at radius 2 is 2.10 bits per heavy atom. The maximum absolute atomic E-state index is 12.0. The van der Waals surface area contributed by atoms with Crippen molar-refractivity contribution in [1.29, 1.82) is 0 Å². The zero-order valence-electron chi connectivity index (χ0n) is 12.3. The lowest BCUT2D eigenvalue weighted by molar-refractivity contribution is -0.120. The van der Waals surface area contributed by atoms with Crippen molar-refractivity contribution in [1.82, 2.24) is 5.32 Å². The molecule has 0 aliphatic heterocycles. The topological polar surface area (TPSA) is 67.6 Å². The largest absolute Gasteiger partial charge is 0.383 e. The Morgan fingerprint density at radius 3 is 2.70 bits per heavy atom. The first-order valence-electron chi connectivity index (χ1n) is 6.95. The van der Waals surface area contributed by atoms with Crippen molar-refractivity contribution < 1.29 is 9.53 Å². The average molecular weight is 279 g/mol. The van der Waals surface area contributed by atoms with Crippen molar-refractivity contribution in [3.63, 3.8) is 0 Å². The molecule has 0 aliphatic carbocycles. The number of rotatable bonds is 9. The third kappa shape index (κ3) is 6.04. The van der Waals surface area contributed by atoms with Gasteiger partial charge in [-0.3, -0.25) is 4.79 Å². The van der Waals surface area contributed by atoms with Gasteiger partial charge in [-0.1, -0.05) is 18.2 Å². The minimum Gasteiger partial charge on any atom is -0.383 e. The number of nitrogens with zero attached hydrogens (tertiary/aromatic N) is 1. The third-order valence-corrected chi connectivity index (χ3v) is 2.91. The van der Waals surface area contributed by atoms with E-state index in [1.54, 1.807) is 7.11 Å². The van der Waals surface area contributed by atoms with Crippen LogP contribution in [0.15, 0.2) is 30.3 Å². The molecule has 0 spiro atoms. The molecule has 0 bridgehead atoms. The fourth-order valence-corrected chi connectivity index (χ4v) is 2.01. The van der Waals surface area contributed by atoms with Crippen molar-refractivity contribution in [2.75, 3.05) is 38.3 Å². The number of ether oxygens (including phenoxy) is 1. The maximum atomic E-state index is 12.0. The van der Waals surface area contributed by atoms with Gasteiger partial charge in [-0.05, 0) is 32.0 Å². The SMILES string of the molecule is COCC(C)NC(=O)CN(CCCN)c1ccccc1. The van der Waals surface area contributed by atoms with Crippen LogP contribution in [0, 0.1) is 0 Å². The number of hydrogen-bond donors (Lipinski definition) is 2. The van der Waals surface area contributed by atoms with E-state index < -0.39 is 0 Å². The molecule has 1 unspecified atom stereocenters. The van der Waals surface area contributed by atoms with Crippen LogP contribution < -0.4 is 16.0 Å². The van der Waals surface area contributed by atoms with Crippen LogP contribution in [0.2, 0.25) is 0 Å². The molecule has 1 aromatic carbocycles. The van der Waals surface area contributed by atoms with Crippen molar-refractivity contribution in [2.45, 2.75) is 19.4 Å². The van der Waals surface area contributed by atoms with Gasteiger partial charge >= 0.3 is 0 Å². The first-order valence-corrected chi connectivity index (χ1v) is 6.95. The summed E-state index contributed by atoms with van der Waals surface area (Å²) in [5, 5.41) is 2.92. The molecule has 0 aliphatic rings. The van der Waals surface area contributed by atoms with E-state index in [1.165, 1.54) is 0 Å². The van der Waals surface area contributed by atoms with Gasteiger partial charge in [0.15, 0.2) is 0 Å². The molecule has 0 saturated carbocycles. The molecular weight excluding hydrogens is 254 g/mol. The Labute approximate surface area is 121 Å². The fourth-order valence-electron chi connectivity index (χ4n) is 2.01. The summed E-state index contributed by atoms with van der Waals surface area (Å²) in [4.78, 5) is 14.1. The predicted molar refractivity (Wildman–Crippen MR) is 81.8 cm³/mol. The summed E-state index contributed by atoms with van der Waals surface area (Å²) in [6, 6.07) is 9.92. The Balaban J connectivity index is 2.58. The van der Waals surface area contributed by atoms with Crippen molar-refractivity contribution in [2.24, 2.45) is 5.73 Å². The molecule has 0 aromatic heterocycles. The number of nitrogens with one attached hydrogen (secondary N) is 1. The van der Waals surface area contributed by atoms with Crippen LogP contribution in [0.4, 0.5) is 5.69 Å². The molecule has 1 rings (SSSR count). The van der Waals surface area contributed by atoms with Gasteiger partial charge in [0, 0.05) is 25.4 Å². The highest BCUT2D eigenvalue weighted by Crippen LogP contribution is 2.13. The van der Waals surface area contributed by atoms with Gasteiger partial charge in [0.1, 0.15) is 0 Å². The summed E-state index contributed by atoms with van der Waals surface area (Å²) >= 11 is 0. The molecule has 0 radical (unpaired) electrons. The average Bonchev–Trinajstić information content (AvgIpc) is 2.44. The summed E-state index contributed by atoms with van der Waals surface area (Å²) in [6.45, 7) is 4.16. The first kappa shape index (κ1) is 16.5. The van der Waals surface area contributed by atoms with E-state index in [0.29, 0.717) is 19.7 Å².